The van der Waals surface area contributed by atoms with E-state index in [2.05, 4.69) is 10.3 Å². The zero-order valence-electron chi connectivity index (χ0n) is 19.9. The van der Waals surface area contributed by atoms with Crippen LogP contribution in [0.3, 0.4) is 0 Å². The van der Waals surface area contributed by atoms with Crippen molar-refractivity contribution in [3.05, 3.63) is 36.0 Å². The maximum atomic E-state index is 13.6. The first-order chi connectivity index (χ1) is 15.0. The third-order valence-electron chi connectivity index (χ3n) is 5.97. The minimum atomic E-state index is -0.721. The topological polar surface area (TPSA) is 91.5 Å². The molecular formula is C25H35N3O4. The maximum Gasteiger partial charge on any atom is 0.408 e. The lowest BCUT2D eigenvalue weighted by Crippen LogP contribution is -2.54. The Balaban J connectivity index is 1.88. The molecule has 2 heterocycles. The average molecular weight is 442 g/mol. The van der Waals surface area contributed by atoms with Crippen molar-refractivity contribution in [2.75, 3.05) is 6.54 Å². The molecule has 3 atom stereocenters. The Morgan fingerprint density at radius 1 is 1.19 bits per heavy atom. The number of para-hydroxylation sites is 1. The second kappa shape index (κ2) is 9.35. The fourth-order valence-corrected chi connectivity index (χ4v) is 4.59. The van der Waals surface area contributed by atoms with Crippen LogP contribution in [0.1, 0.15) is 65.9 Å². The molecule has 0 radical (unpaired) electrons. The Morgan fingerprint density at radius 2 is 1.88 bits per heavy atom. The van der Waals surface area contributed by atoms with E-state index in [0.717, 1.165) is 29.3 Å². The first kappa shape index (κ1) is 23.8. The quantitative estimate of drug-likeness (QED) is 0.696. The van der Waals surface area contributed by atoms with Gasteiger partial charge in [0.25, 0.3) is 0 Å². The highest BCUT2D eigenvalue weighted by atomic mass is 16.6. The largest absolute Gasteiger partial charge is 0.444 e. The minimum Gasteiger partial charge on any atom is -0.444 e. The van der Waals surface area contributed by atoms with Gasteiger partial charge in [0.1, 0.15) is 17.4 Å². The van der Waals surface area contributed by atoms with E-state index in [4.69, 9.17) is 4.74 Å². The van der Waals surface area contributed by atoms with Gasteiger partial charge in [-0.15, -0.1) is 0 Å². The lowest BCUT2D eigenvalue weighted by molar-refractivity contribution is -0.136. The number of Topliss-reactive ketones (excluding diaryl/α,β-unsaturated/α-hetero) is 1. The van der Waals surface area contributed by atoms with Crippen LogP contribution in [0, 0.1) is 5.92 Å². The molecule has 0 bridgehead atoms. The van der Waals surface area contributed by atoms with Gasteiger partial charge in [0.15, 0.2) is 0 Å². The summed E-state index contributed by atoms with van der Waals surface area (Å²) in [5, 5.41) is 3.76. The number of hydrogen-bond acceptors (Lipinski definition) is 4. The third-order valence-corrected chi connectivity index (χ3v) is 5.97. The first-order valence-corrected chi connectivity index (χ1v) is 11.4. The van der Waals surface area contributed by atoms with Crippen LogP contribution >= 0.6 is 0 Å². The standard InChI is InChI=1S/C25H35N3O4/c1-15(2)22(27-24(31)32-25(4,5)6)23(30)28-13-9-12-20(28)21(16(3)29)18-14-26-19-11-8-7-10-17(18)19/h7-8,10-11,14-15,20-22,26H,9,12-13H2,1-6H3,(H,27,31)/t20-,21?,22-/m0/s1. The molecule has 3 rings (SSSR count). The van der Waals surface area contributed by atoms with Crippen molar-refractivity contribution in [2.24, 2.45) is 5.92 Å². The van der Waals surface area contributed by atoms with Crippen molar-refractivity contribution in [2.45, 2.75) is 78.0 Å². The third kappa shape index (κ3) is 5.14. The number of likely N-dealkylation sites (tertiary alicyclic amines) is 1. The normalized spacial score (nSPS) is 18.6. The number of ether oxygens (including phenoxy) is 1. The van der Waals surface area contributed by atoms with Crippen LogP contribution in [0.2, 0.25) is 0 Å². The number of carbonyl (C=O) groups excluding carboxylic acids is 3. The van der Waals surface area contributed by atoms with E-state index in [1.54, 1.807) is 32.6 Å². The lowest BCUT2D eigenvalue weighted by atomic mass is 9.86. The predicted molar refractivity (Wildman–Crippen MR) is 124 cm³/mol. The molecule has 1 fully saturated rings. The number of alkyl carbamates (subject to hydrolysis) is 1. The minimum absolute atomic E-state index is 0.0284. The van der Waals surface area contributed by atoms with E-state index < -0.39 is 23.7 Å². The van der Waals surface area contributed by atoms with Crippen LogP contribution in [-0.2, 0) is 14.3 Å². The zero-order valence-corrected chi connectivity index (χ0v) is 19.9. The summed E-state index contributed by atoms with van der Waals surface area (Å²) in [6.07, 6.45) is 2.84. The highest BCUT2D eigenvalue weighted by Crippen LogP contribution is 2.36. The Bertz CT molecular complexity index is 988. The average Bonchev–Trinajstić information content (AvgIpc) is 3.32. The summed E-state index contributed by atoms with van der Waals surface area (Å²) in [7, 11) is 0. The molecular weight excluding hydrogens is 406 g/mol. The highest BCUT2D eigenvalue weighted by molar-refractivity contribution is 5.94. The molecule has 32 heavy (non-hydrogen) atoms. The van der Waals surface area contributed by atoms with Gasteiger partial charge in [-0.1, -0.05) is 32.0 Å². The first-order valence-electron chi connectivity index (χ1n) is 11.4. The number of benzene rings is 1. The molecule has 1 saturated heterocycles. The van der Waals surface area contributed by atoms with E-state index in [1.165, 1.54) is 0 Å². The molecule has 1 aromatic heterocycles. The van der Waals surface area contributed by atoms with Crippen LogP contribution in [0.5, 0.6) is 0 Å². The molecule has 2 aromatic rings. The maximum absolute atomic E-state index is 13.6. The number of nitrogens with zero attached hydrogens (tertiary/aromatic N) is 1. The molecule has 0 spiro atoms. The van der Waals surface area contributed by atoms with E-state index in [-0.39, 0.29) is 23.7 Å². The molecule has 0 aliphatic carbocycles. The zero-order chi connectivity index (χ0) is 23.6. The van der Waals surface area contributed by atoms with Gasteiger partial charge >= 0.3 is 6.09 Å². The Morgan fingerprint density at radius 3 is 2.50 bits per heavy atom. The van der Waals surface area contributed by atoms with E-state index in [9.17, 15) is 14.4 Å². The van der Waals surface area contributed by atoms with Crippen molar-refractivity contribution in [1.29, 1.82) is 0 Å². The van der Waals surface area contributed by atoms with Crippen molar-refractivity contribution < 1.29 is 19.1 Å². The molecule has 174 valence electrons. The van der Waals surface area contributed by atoms with Crippen molar-refractivity contribution in [3.63, 3.8) is 0 Å². The molecule has 1 aliphatic rings. The summed E-state index contributed by atoms with van der Waals surface area (Å²) in [5.41, 5.74) is 1.23. The molecule has 1 aliphatic heterocycles. The lowest BCUT2D eigenvalue weighted by Gasteiger charge is -2.34. The summed E-state index contributed by atoms with van der Waals surface area (Å²) in [4.78, 5) is 43.9. The smallest absolute Gasteiger partial charge is 0.408 e. The van der Waals surface area contributed by atoms with Crippen LogP contribution in [-0.4, -0.2) is 51.9 Å². The summed E-state index contributed by atoms with van der Waals surface area (Å²) in [6.45, 7) is 11.3. The molecule has 1 unspecified atom stereocenters. The molecule has 2 N–H and O–H groups in total. The molecule has 1 aromatic carbocycles. The molecule has 2 amide bonds. The van der Waals surface area contributed by atoms with Crippen molar-refractivity contribution in [3.8, 4) is 0 Å². The highest BCUT2D eigenvalue weighted by Gasteiger charge is 2.42. The summed E-state index contributed by atoms with van der Waals surface area (Å²) in [5.74, 6) is -0.688. The van der Waals surface area contributed by atoms with Crippen LogP contribution in [0.15, 0.2) is 30.5 Å². The summed E-state index contributed by atoms with van der Waals surface area (Å²) >= 11 is 0. The SMILES string of the molecule is CC(=O)C(c1c[nH]c2ccccc12)[C@@H]1CCCN1C(=O)[C@@H](NC(=O)OC(C)(C)C)C(C)C. The number of rotatable bonds is 6. The number of nitrogens with one attached hydrogen (secondary N) is 2. The van der Waals surface area contributed by atoms with Gasteiger partial charge in [-0.25, -0.2) is 4.79 Å². The number of amides is 2. The van der Waals surface area contributed by atoms with Gasteiger partial charge in [0.05, 0.1) is 5.92 Å². The van der Waals surface area contributed by atoms with Crippen LogP contribution < -0.4 is 5.32 Å². The number of H-pyrrole nitrogens is 1. The molecule has 7 nitrogen and oxygen atoms in total. The van der Waals surface area contributed by atoms with Crippen molar-refractivity contribution >= 4 is 28.7 Å². The fourth-order valence-electron chi connectivity index (χ4n) is 4.59. The molecule has 0 saturated carbocycles. The Kier molecular flexibility index (Phi) is 6.96. The number of carbonyl (C=O) groups is 3. The van der Waals surface area contributed by atoms with Gasteiger partial charge in [-0.2, -0.15) is 0 Å². The van der Waals surface area contributed by atoms with Gasteiger partial charge in [0.2, 0.25) is 5.91 Å². The van der Waals surface area contributed by atoms with Gasteiger partial charge in [0, 0.05) is 29.7 Å². The summed E-state index contributed by atoms with van der Waals surface area (Å²) < 4.78 is 5.37. The predicted octanol–water partition coefficient (Wildman–Crippen LogP) is 4.38. The van der Waals surface area contributed by atoms with Crippen LogP contribution in [0.4, 0.5) is 4.79 Å². The monoisotopic (exact) mass is 441 g/mol. The van der Waals surface area contributed by atoms with Crippen LogP contribution in [0.25, 0.3) is 10.9 Å². The van der Waals surface area contributed by atoms with Crippen molar-refractivity contribution in [1.82, 2.24) is 15.2 Å². The number of aromatic nitrogens is 1. The summed E-state index contributed by atoms with van der Waals surface area (Å²) in [6, 6.07) is 6.91. The van der Waals surface area contributed by atoms with E-state index in [0.29, 0.717) is 6.54 Å². The van der Waals surface area contributed by atoms with E-state index >= 15 is 0 Å². The van der Waals surface area contributed by atoms with Gasteiger partial charge in [-0.3, -0.25) is 9.59 Å². The Hall–Kier alpha value is -2.83. The van der Waals surface area contributed by atoms with Gasteiger partial charge < -0.3 is 19.9 Å². The second-order valence-corrected chi connectivity index (χ2v) is 9.99. The Labute approximate surface area is 189 Å². The van der Waals surface area contributed by atoms with E-state index in [1.807, 2.05) is 44.3 Å². The fraction of sp³-hybridized carbons (Fsp3) is 0.560. The second-order valence-electron chi connectivity index (χ2n) is 9.99. The number of fused-ring (bicyclic) bond motifs is 1. The number of hydrogen-bond donors (Lipinski definition) is 2. The molecule has 7 heteroatoms. The number of ketones is 1. The number of aromatic amines is 1. The van der Waals surface area contributed by atoms with Gasteiger partial charge in [-0.05, 0) is 58.1 Å².